The first-order valence-corrected chi connectivity index (χ1v) is 9.72. The molecule has 0 bridgehead atoms. The summed E-state index contributed by atoms with van der Waals surface area (Å²) < 4.78 is 0. The third-order valence-electron chi connectivity index (χ3n) is 5.11. The number of allylic oxidation sites excluding steroid dienone is 1. The normalized spacial score (nSPS) is 19.3. The number of hydrogen-bond acceptors (Lipinski definition) is 5. The Morgan fingerprint density at radius 1 is 1.33 bits per heavy atom. The topological polar surface area (TPSA) is 112 Å². The van der Waals surface area contributed by atoms with Crippen molar-refractivity contribution in [3.8, 4) is 11.3 Å². The van der Waals surface area contributed by atoms with E-state index in [1.165, 1.54) is 0 Å². The largest absolute Gasteiger partial charge is 0.478 e. The van der Waals surface area contributed by atoms with E-state index in [1.807, 2.05) is 10.3 Å². The molecule has 1 aromatic heterocycles. The van der Waals surface area contributed by atoms with E-state index < -0.39 is 5.97 Å². The summed E-state index contributed by atoms with van der Waals surface area (Å²) in [5.74, 6) is -1.08. The second-order valence-electron chi connectivity index (χ2n) is 6.73. The lowest BCUT2D eigenvalue weighted by atomic mass is 10.0. The molecule has 2 unspecified atom stereocenters. The summed E-state index contributed by atoms with van der Waals surface area (Å²) in [7, 11) is 0. The van der Waals surface area contributed by atoms with Crippen molar-refractivity contribution in [1.82, 2.24) is 15.1 Å². The molecule has 0 spiro atoms. The first-order chi connectivity index (χ1) is 13.1. The number of aromatic amines is 1. The molecule has 3 heterocycles. The molecule has 4 N–H and O–H groups in total. The van der Waals surface area contributed by atoms with Crippen LogP contribution in [0.1, 0.15) is 28.0 Å². The number of nitrogens with two attached hydrogens (primary N) is 1. The Morgan fingerprint density at radius 3 is 2.74 bits per heavy atom. The molecule has 0 aliphatic carbocycles. The van der Waals surface area contributed by atoms with Gasteiger partial charge in [0.1, 0.15) is 0 Å². The second kappa shape index (κ2) is 7.21. The van der Waals surface area contributed by atoms with E-state index in [0.29, 0.717) is 19.6 Å². The molecule has 2 atom stereocenters. The standard InChI is InChI=1S/C19H20N4O3S/c20-8-13(16-2-1-7-27-16)18(24)23-9-14-15(10-23)21-22-17(14)11-3-5-12(6-4-11)19(25)26/h1,3-7,13,16H,2,8-10,20H2,(H,21,22)(H,25,26). The van der Waals surface area contributed by atoms with E-state index >= 15 is 0 Å². The molecule has 4 rings (SSSR count). The molecule has 0 saturated heterocycles. The molecule has 0 saturated carbocycles. The highest BCUT2D eigenvalue weighted by molar-refractivity contribution is 8.03. The van der Waals surface area contributed by atoms with Crippen molar-refractivity contribution in [1.29, 1.82) is 0 Å². The molecule has 2 aromatic rings. The number of fused-ring (bicyclic) bond motifs is 1. The van der Waals surface area contributed by atoms with Crippen LogP contribution >= 0.6 is 11.8 Å². The van der Waals surface area contributed by atoms with Crippen LogP contribution in [-0.2, 0) is 17.9 Å². The lowest BCUT2D eigenvalue weighted by Crippen LogP contribution is -2.40. The zero-order valence-electron chi connectivity index (χ0n) is 14.6. The van der Waals surface area contributed by atoms with Gasteiger partial charge in [-0.05, 0) is 24.0 Å². The maximum absolute atomic E-state index is 13.0. The van der Waals surface area contributed by atoms with E-state index in [4.69, 9.17) is 10.8 Å². The summed E-state index contributed by atoms with van der Waals surface area (Å²) in [6.07, 6.45) is 2.96. The number of nitrogens with zero attached hydrogens (tertiary/aromatic N) is 2. The molecule has 140 valence electrons. The minimum atomic E-state index is -0.960. The van der Waals surface area contributed by atoms with Gasteiger partial charge in [0.05, 0.1) is 36.0 Å². The number of rotatable bonds is 5. The van der Waals surface area contributed by atoms with Crippen LogP contribution in [0.5, 0.6) is 0 Å². The summed E-state index contributed by atoms with van der Waals surface area (Å²) in [6, 6.07) is 6.61. The number of benzene rings is 1. The maximum Gasteiger partial charge on any atom is 0.335 e. The average Bonchev–Trinajstić information content (AvgIpc) is 3.39. The minimum absolute atomic E-state index is 0.0791. The molecule has 8 heteroatoms. The van der Waals surface area contributed by atoms with E-state index in [0.717, 1.165) is 28.9 Å². The molecule has 2 aliphatic heterocycles. The van der Waals surface area contributed by atoms with E-state index in [9.17, 15) is 9.59 Å². The van der Waals surface area contributed by atoms with Gasteiger partial charge in [0.25, 0.3) is 0 Å². The predicted octanol–water partition coefficient (Wildman–Crippen LogP) is 2.21. The molecule has 1 aromatic carbocycles. The number of thioether (sulfide) groups is 1. The number of hydrogen-bond donors (Lipinski definition) is 3. The smallest absolute Gasteiger partial charge is 0.335 e. The van der Waals surface area contributed by atoms with Crippen molar-refractivity contribution in [3.63, 3.8) is 0 Å². The molecule has 2 aliphatic rings. The number of carbonyl (C=O) groups excluding carboxylic acids is 1. The van der Waals surface area contributed by atoms with Crippen LogP contribution in [0.2, 0.25) is 0 Å². The molecule has 7 nitrogen and oxygen atoms in total. The van der Waals surface area contributed by atoms with Gasteiger partial charge in [0.15, 0.2) is 0 Å². The van der Waals surface area contributed by atoms with Crippen LogP contribution in [0.15, 0.2) is 35.7 Å². The van der Waals surface area contributed by atoms with Crippen LogP contribution < -0.4 is 5.73 Å². The van der Waals surface area contributed by atoms with Gasteiger partial charge >= 0.3 is 5.97 Å². The molecule has 27 heavy (non-hydrogen) atoms. The summed E-state index contributed by atoms with van der Waals surface area (Å²) in [5, 5.41) is 18.7. The summed E-state index contributed by atoms with van der Waals surface area (Å²) >= 11 is 1.68. The summed E-state index contributed by atoms with van der Waals surface area (Å²) in [5.41, 5.74) is 9.64. The van der Waals surface area contributed by atoms with E-state index in [-0.39, 0.29) is 22.6 Å². The Bertz CT molecular complexity index is 898. The van der Waals surface area contributed by atoms with Crippen molar-refractivity contribution in [3.05, 3.63) is 52.6 Å². The van der Waals surface area contributed by atoms with Crippen LogP contribution in [-0.4, -0.2) is 43.9 Å². The number of amides is 1. The van der Waals surface area contributed by atoms with Crippen molar-refractivity contribution in [2.45, 2.75) is 24.8 Å². The van der Waals surface area contributed by atoms with Gasteiger partial charge in [-0.2, -0.15) is 5.10 Å². The zero-order valence-corrected chi connectivity index (χ0v) is 15.4. The van der Waals surface area contributed by atoms with E-state index in [2.05, 4.69) is 16.3 Å². The van der Waals surface area contributed by atoms with E-state index in [1.54, 1.807) is 36.0 Å². The Balaban J connectivity index is 1.52. The number of nitrogens with one attached hydrogen (secondary N) is 1. The van der Waals surface area contributed by atoms with Gasteiger partial charge in [-0.25, -0.2) is 4.79 Å². The fourth-order valence-electron chi connectivity index (χ4n) is 3.61. The highest BCUT2D eigenvalue weighted by Crippen LogP contribution is 2.35. The first-order valence-electron chi connectivity index (χ1n) is 8.77. The van der Waals surface area contributed by atoms with Gasteiger partial charge in [-0.3, -0.25) is 9.89 Å². The minimum Gasteiger partial charge on any atom is -0.478 e. The Labute approximate surface area is 160 Å². The lowest BCUT2D eigenvalue weighted by Gasteiger charge is -2.26. The quantitative estimate of drug-likeness (QED) is 0.729. The SMILES string of the molecule is NCC(C(=O)N1Cc2[nH]nc(-c3ccc(C(=O)O)cc3)c2C1)C1CC=CS1. The number of carbonyl (C=O) groups is 2. The first kappa shape index (κ1) is 17.8. The molecule has 0 fully saturated rings. The van der Waals surface area contributed by atoms with Gasteiger partial charge < -0.3 is 15.7 Å². The van der Waals surface area contributed by atoms with Crippen LogP contribution in [0.4, 0.5) is 0 Å². The maximum atomic E-state index is 13.0. The number of H-pyrrole nitrogens is 1. The third kappa shape index (κ3) is 3.26. The second-order valence-corrected chi connectivity index (χ2v) is 7.88. The monoisotopic (exact) mass is 384 g/mol. The third-order valence-corrected chi connectivity index (χ3v) is 6.33. The van der Waals surface area contributed by atoms with Gasteiger partial charge in [-0.15, -0.1) is 11.8 Å². The zero-order chi connectivity index (χ0) is 19.0. The number of carboxylic acid groups (broad SMARTS) is 1. The van der Waals surface area contributed by atoms with Gasteiger partial charge in [0.2, 0.25) is 5.91 Å². The highest BCUT2D eigenvalue weighted by Gasteiger charge is 2.35. The van der Waals surface area contributed by atoms with Gasteiger partial charge in [0, 0.05) is 22.9 Å². The molecular weight excluding hydrogens is 364 g/mol. The Hall–Kier alpha value is -2.58. The number of carboxylic acids is 1. The average molecular weight is 384 g/mol. The van der Waals surface area contributed by atoms with Crippen LogP contribution in [0, 0.1) is 5.92 Å². The Kier molecular flexibility index (Phi) is 4.75. The summed E-state index contributed by atoms with van der Waals surface area (Å²) in [4.78, 5) is 25.9. The molecule has 1 amide bonds. The lowest BCUT2D eigenvalue weighted by molar-refractivity contribution is -0.135. The van der Waals surface area contributed by atoms with Crippen molar-refractivity contribution < 1.29 is 14.7 Å². The Morgan fingerprint density at radius 2 is 2.11 bits per heavy atom. The van der Waals surface area contributed by atoms with Crippen LogP contribution in [0.25, 0.3) is 11.3 Å². The fraction of sp³-hybridized carbons (Fsp3) is 0.316. The molecule has 0 radical (unpaired) electrons. The fourth-order valence-corrected chi connectivity index (χ4v) is 4.68. The highest BCUT2D eigenvalue weighted by atomic mass is 32.2. The van der Waals surface area contributed by atoms with Crippen molar-refractivity contribution >= 4 is 23.6 Å². The number of aromatic carboxylic acids is 1. The van der Waals surface area contributed by atoms with Crippen molar-refractivity contribution in [2.75, 3.05) is 6.54 Å². The number of aromatic nitrogens is 2. The molecular formula is C19H20N4O3S. The summed E-state index contributed by atoms with van der Waals surface area (Å²) in [6.45, 7) is 1.32. The predicted molar refractivity (Wildman–Crippen MR) is 103 cm³/mol. The van der Waals surface area contributed by atoms with Crippen molar-refractivity contribution in [2.24, 2.45) is 11.7 Å². The van der Waals surface area contributed by atoms with Crippen LogP contribution in [0.3, 0.4) is 0 Å². The van der Waals surface area contributed by atoms with Gasteiger partial charge in [-0.1, -0.05) is 18.2 Å².